The predicted molar refractivity (Wildman–Crippen MR) is 93.6 cm³/mol. The van der Waals surface area contributed by atoms with Gasteiger partial charge in [0.15, 0.2) is 0 Å². The molecule has 0 saturated heterocycles. The van der Waals surface area contributed by atoms with Gasteiger partial charge in [-0.2, -0.15) is 11.8 Å². The Hall–Kier alpha value is -1.75. The molecule has 3 N–H and O–H groups in total. The lowest BCUT2D eigenvalue weighted by Crippen LogP contribution is -2.30. The van der Waals surface area contributed by atoms with E-state index >= 15 is 0 Å². The minimum Gasteiger partial charge on any atom is -0.384 e. The van der Waals surface area contributed by atoms with E-state index in [1.54, 1.807) is 0 Å². The fourth-order valence-corrected chi connectivity index (χ4v) is 2.85. The van der Waals surface area contributed by atoms with Crippen molar-refractivity contribution >= 4 is 34.3 Å². The van der Waals surface area contributed by atoms with Gasteiger partial charge in [0.25, 0.3) is 0 Å². The highest BCUT2D eigenvalue weighted by atomic mass is 32.2. The summed E-state index contributed by atoms with van der Waals surface area (Å²) in [6, 6.07) is 10.1. The van der Waals surface area contributed by atoms with E-state index in [9.17, 15) is 0 Å². The Morgan fingerprint density at radius 3 is 2.81 bits per heavy atom. The van der Waals surface area contributed by atoms with Crippen molar-refractivity contribution in [2.24, 2.45) is 5.73 Å². The molecule has 5 heteroatoms. The molecule has 2 rings (SSSR count). The van der Waals surface area contributed by atoms with Gasteiger partial charge in [-0.15, -0.1) is 0 Å². The number of rotatable bonds is 6. The summed E-state index contributed by atoms with van der Waals surface area (Å²) in [5.74, 6) is 2.08. The van der Waals surface area contributed by atoms with Crippen LogP contribution in [0.15, 0.2) is 30.3 Å². The van der Waals surface area contributed by atoms with Crippen LogP contribution in [0.25, 0.3) is 10.9 Å². The largest absolute Gasteiger partial charge is 0.384 e. The quantitative estimate of drug-likeness (QED) is 0.635. The van der Waals surface area contributed by atoms with E-state index in [4.69, 9.17) is 16.1 Å². The van der Waals surface area contributed by atoms with E-state index in [1.165, 1.54) is 0 Å². The maximum absolute atomic E-state index is 7.80. The first-order valence-corrected chi connectivity index (χ1v) is 8.40. The van der Waals surface area contributed by atoms with E-state index < -0.39 is 0 Å². The third-order valence-corrected chi connectivity index (χ3v) is 4.40. The molecule has 0 fully saturated rings. The number of amidine groups is 1. The predicted octanol–water partition coefficient (Wildman–Crippen LogP) is 3.10. The minimum absolute atomic E-state index is 0.0833. The summed E-state index contributed by atoms with van der Waals surface area (Å²) in [7, 11) is 2.05. The number of anilines is 1. The Morgan fingerprint density at radius 2 is 2.14 bits per heavy atom. The lowest BCUT2D eigenvalue weighted by atomic mass is 10.1. The second-order valence-corrected chi connectivity index (χ2v) is 6.19. The zero-order chi connectivity index (χ0) is 15.4. The number of nitrogens with zero attached hydrogens (tertiary/aromatic N) is 2. The van der Waals surface area contributed by atoms with Crippen LogP contribution in [0, 0.1) is 5.41 Å². The summed E-state index contributed by atoms with van der Waals surface area (Å²) < 4.78 is 0. The number of hydrogen-bond acceptors (Lipinski definition) is 4. The molecule has 0 aliphatic carbocycles. The van der Waals surface area contributed by atoms with Gasteiger partial charge in [0, 0.05) is 24.0 Å². The summed E-state index contributed by atoms with van der Waals surface area (Å²) in [4.78, 5) is 6.88. The first-order valence-electron chi connectivity index (χ1n) is 7.00. The Bertz CT molecular complexity index is 641. The minimum atomic E-state index is 0.0833. The van der Waals surface area contributed by atoms with Crippen LogP contribution in [0.2, 0.25) is 0 Å². The van der Waals surface area contributed by atoms with Gasteiger partial charge in [0.05, 0.1) is 5.52 Å². The lowest BCUT2D eigenvalue weighted by molar-refractivity contribution is 0.663. The Labute approximate surface area is 130 Å². The molecule has 0 aliphatic rings. The molecule has 1 atom stereocenters. The zero-order valence-corrected chi connectivity index (χ0v) is 13.6. The van der Waals surface area contributed by atoms with E-state index in [1.807, 2.05) is 49.1 Å². The van der Waals surface area contributed by atoms with Crippen LogP contribution in [-0.2, 0) is 0 Å². The SMILES string of the molecule is CSCCC(C)N(C)c1cc(C(=N)N)c2ccccc2n1. The normalized spacial score (nSPS) is 12.3. The van der Waals surface area contributed by atoms with Crippen molar-refractivity contribution in [2.75, 3.05) is 24.0 Å². The Morgan fingerprint density at radius 1 is 1.43 bits per heavy atom. The van der Waals surface area contributed by atoms with Crippen LogP contribution >= 0.6 is 11.8 Å². The van der Waals surface area contributed by atoms with E-state index in [0.717, 1.165) is 34.5 Å². The maximum Gasteiger partial charge on any atom is 0.129 e. The van der Waals surface area contributed by atoms with Crippen molar-refractivity contribution in [1.29, 1.82) is 5.41 Å². The van der Waals surface area contributed by atoms with Crippen molar-refractivity contribution in [3.05, 3.63) is 35.9 Å². The van der Waals surface area contributed by atoms with Crippen molar-refractivity contribution in [1.82, 2.24) is 4.98 Å². The summed E-state index contributed by atoms with van der Waals surface area (Å²) in [6.45, 7) is 2.19. The lowest BCUT2D eigenvalue weighted by Gasteiger charge is -2.26. The smallest absolute Gasteiger partial charge is 0.129 e. The summed E-state index contributed by atoms with van der Waals surface area (Å²) in [5.41, 5.74) is 7.37. The van der Waals surface area contributed by atoms with E-state index in [-0.39, 0.29) is 5.84 Å². The monoisotopic (exact) mass is 302 g/mol. The molecule has 21 heavy (non-hydrogen) atoms. The second-order valence-electron chi connectivity index (χ2n) is 5.20. The highest BCUT2D eigenvalue weighted by Crippen LogP contribution is 2.24. The van der Waals surface area contributed by atoms with Gasteiger partial charge >= 0.3 is 0 Å². The fourth-order valence-electron chi connectivity index (χ4n) is 2.27. The van der Waals surface area contributed by atoms with Crippen LogP contribution in [-0.4, -0.2) is 35.9 Å². The van der Waals surface area contributed by atoms with Gasteiger partial charge in [-0.25, -0.2) is 4.98 Å². The number of nitrogens with one attached hydrogen (secondary N) is 1. The molecule has 1 unspecified atom stereocenters. The molecule has 0 amide bonds. The molecular formula is C16H22N4S. The highest BCUT2D eigenvalue weighted by Gasteiger charge is 2.14. The molecule has 2 aromatic rings. The van der Waals surface area contributed by atoms with Crippen molar-refractivity contribution in [3.8, 4) is 0 Å². The molecule has 0 saturated carbocycles. The number of aromatic nitrogens is 1. The molecule has 0 aliphatic heterocycles. The summed E-state index contributed by atoms with van der Waals surface area (Å²) in [6.07, 6.45) is 3.22. The second kappa shape index (κ2) is 6.80. The number of thioether (sulfide) groups is 1. The van der Waals surface area contributed by atoms with Crippen molar-refractivity contribution < 1.29 is 0 Å². The number of fused-ring (bicyclic) bond motifs is 1. The molecular weight excluding hydrogens is 280 g/mol. The zero-order valence-electron chi connectivity index (χ0n) is 12.8. The number of pyridine rings is 1. The summed E-state index contributed by atoms with van der Waals surface area (Å²) >= 11 is 1.85. The van der Waals surface area contributed by atoms with Crippen LogP contribution in [0.5, 0.6) is 0 Å². The number of nitrogen functional groups attached to an aromatic ring is 1. The van der Waals surface area contributed by atoms with Crippen LogP contribution in [0.3, 0.4) is 0 Å². The van der Waals surface area contributed by atoms with Gasteiger partial charge in [0.2, 0.25) is 0 Å². The molecule has 1 heterocycles. The van der Waals surface area contributed by atoms with Crippen LogP contribution < -0.4 is 10.6 Å². The molecule has 0 radical (unpaired) electrons. The number of nitrogens with two attached hydrogens (primary N) is 1. The average molecular weight is 302 g/mol. The van der Waals surface area contributed by atoms with Crippen molar-refractivity contribution in [3.63, 3.8) is 0 Å². The van der Waals surface area contributed by atoms with Crippen molar-refractivity contribution in [2.45, 2.75) is 19.4 Å². The highest BCUT2D eigenvalue weighted by molar-refractivity contribution is 7.98. The van der Waals surface area contributed by atoms with Gasteiger partial charge in [0.1, 0.15) is 11.7 Å². The molecule has 4 nitrogen and oxygen atoms in total. The standard InChI is InChI=1S/C16H22N4S/c1-11(8-9-21-3)20(2)15-10-13(16(17)18)12-6-4-5-7-14(12)19-15/h4-7,10-11H,8-9H2,1-3H3,(H3,17,18). The van der Waals surface area contributed by atoms with Gasteiger partial charge in [-0.3, -0.25) is 5.41 Å². The van der Waals surface area contributed by atoms with E-state index in [0.29, 0.717) is 6.04 Å². The van der Waals surface area contributed by atoms with E-state index in [2.05, 4.69) is 18.1 Å². The van der Waals surface area contributed by atoms with Crippen LogP contribution in [0.4, 0.5) is 5.82 Å². The Kier molecular flexibility index (Phi) is 5.07. The van der Waals surface area contributed by atoms with Gasteiger partial charge in [-0.05, 0) is 37.5 Å². The molecule has 0 spiro atoms. The third-order valence-electron chi connectivity index (χ3n) is 3.76. The first-order chi connectivity index (χ1) is 10.0. The molecule has 112 valence electrons. The Balaban J connectivity index is 2.42. The number of para-hydroxylation sites is 1. The molecule has 0 bridgehead atoms. The van der Waals surface area contributed by atoms with Gasteiger partial charge in [-0.1, -0.05) is 18.2 Å². The molecule has 1 aromatic heterocycles. The first kappa shape index (κ1) is 15.6. The molecule has 1 aromatic carbocycles. The van der Waals surface area contributed by atoms with Crippen LogP contribution in [0.1, 0.15) is 18.9 Å². The fraction of sp³-hybridized carbons (Fsp3) is 0.375. The number of benzene rings is 1. The third kappa shape index (κ3) is 3.47. The summed E-state index contributed by atoms with van der Waals surface area (Å²) in [5, 5.41) is 8.73. The van der Waals surface area contributed by atoms with Gasteiger partial charge < -0.3 is 10.6 Å². The number of hydrogen-bond donors (Lipinski definition) is 2. The average Bonchev–Trinajstić information content (AvgIpc) is 2.50. The topological polar surface area (TPSA) is 66.0 Å². The maximum atomic E-state index is 7.80.